The third-order valence-corrected chi connectivity index (χ3v) is 3.26. The molecule has 1 aromatic rings. The molecule has 1 heterocycles. The fraction of sp³-hybridized carbons (Fsp3) is 0.538. The fourth-order valence-electron chi connectivity index (χ4n) is 2.19. The normalized spacial score (nSPS) is 17.6. The monoisotopic (exact) mass is 239 g/mol. The van der Waals surface area contributed by atoms with Gasteiger partial charge in [0.05, 0.1) is 0 Å². The highest BCUT2D eigenvalue weighted by atomic mass is 19.1. The van der Waals surface area contributed by atoms with Gasteiger partial charge in [0.2, 0.25) is 0 Å². The Morgan fingerprint density at radius 3 is 2.76 bits per heavy atom. The molecule has 2 rings (SSSR count). The lowest BCUT2D eigenvalue weighted by Crippen LogP contribution is -2.36. The highest BCUT2D eigenvalue weighted by Gasteiger charge is 2.18. The van der Waals surface area contributed by atoms with Gasteiger partial charge in [0.15, 0.2) is 11.6 Å². The van der Waals surface area contributed by atoms with Crippen LogP contribution in [0.2, 0.25) is 0 Å². The molecule has 1 fully saturated rings. The van der Waals surface area contributed by atoms with Crippen LogP contribution in [0.1, 0.15) is 18.4 Å². The Hall–Kier alpha value is -1.13. The second-order valence-electron chi connectivity index (χ2n) is 4.54. The second-order valence-corrected chi connectivity index (χ2v) is 4.54. The lowest BCUT2D eigenvalue weighted by atomic mass is 10.1. The maximum atomic E-state index is 13.2. The van der Waals surface area contributed by atoms with Crippen LogP contribution >= 0.6 is 0 Å². The zero-order valence-corrected chi connectivity index (χ0v) is 10.0. The molecule has 1 aromatic carbocycles. The Kier molecular flexibility index (Phi) is 3.97. The molecule has 0 radical (unpaired) electrons. The van der Waals surface area contributed by atoms with E-state index in [0.717, 1.165) is 31.6 Å². The van der Waals surface area contributed by atoms with E-state index in [1.807, 2.05) is 7.05 Å². The fourth-order valence-corrected chi connectivity index (χ4v) is 2.19. The van der Waals surface area contributed by atoms with Gasteiger partial charge in [-0.25, -0.2) is 4.39 Å². The largest absolute Gasteiger partial charge is 0.505 e. The number of hydrogen-bond donors (Lipinski definition) is 1. The van der Waals surface area contributed by atoms with Crippen molar-refractivity contribution in [1.82, 2.24) is 4.90 Å². The van der Waals surface area contributed by atoms with Crippen molar-refractivity contribution in [2.75, 3.05) is 20.3 Å². The number of phenolic OH excluding ortho intramolecular Hbond substituents is 1. The molecule has 0 atom stereocenters. The minimum atomic E-state index is -0.553. The first kappa shape index (κ1) is 12.3. The van der Waals surface area contributed by atoms with E-state index in [9.17, 15) is 4.39 Å². The first-order valence-corrected chi connectivity index (χ1v) is 5.92. The first-order chi connectivity index (χ1) is 8.16. The Morgan fingerprint density at radius 2 is 2.12 bits per heavy atom. The van der Waals surface area contributed by atoms with Crippen LogP contribution in [0.4, 0.5) is 4.39 Å². The highest BCUT2D eigenvalue weighted by Crippen LogP contribution is 2.19. The Morgan fingerprint density at radius 1 is 1.41 bits per heavy atom. The molecule has 0 aromatic heterocycles. The molecule has 1 saturated heterocycles. The number of halogens is 1. The van der Waals surface area contributed by atoms with Crippen molar-refractivity contribution in [3.05, 3.63) is 29.6 Å². The lowest BCUT2D eigenvalue weighted by molar-refractivity contribution is 0.0406. The van der Waals surface area contributed by atoms with Crippen molar-refractivity contribution in [1.29, 1.82) is 0 Å². The van der Waals surface area contributed by atoms with E-state index in [4.69, 9.17) is 9.84 Å². The molecule has 3 nitrogen and oxygen atoms in total. The first-order valence-electron chi connectivity index (χ1n) is 5.92. The molecule has 1 aliphatic rings. The van der Waals surface area contributed by atoms with Gasteiger partial charge in [-0.3, -0.25) is 4.90 Å². The number of ether oxygens (including phenoxy) is 1. The maximum Gasteiger partial charge on any atom is 0.165 e. The van der Waals surface area contributed by atoms with Gasteiger partial charge in [0.25, 0.3) is 0 Å². The minimum Gasteiger partial charge on any atom is -0.505 e. The van der Waals surface area contributed by atoms with Crippen LogP contribution in [0, 0.1) is 5.82 Å². The van der Waals surface area contributed by atoms with Crippen LogP contribution in [0.25, 0.3) is 0 Å². The number of benzene rings is 1. The number of nitrogens with zero attached hydrogens (tertiary/aromatic N) is 1. The number of aromatic hydroxyl groups is 1. The average Bonchev–Trinajstić information content (AvgIpc) is 2.35. The Balaban J connectivity index is 1.96. The zero-order valence-electron chi connectivity index (χ0n) is 10.0. The molecule has 1 N–H and O–H groups in total. The molecule has 0 bridgehead atoms. The topological polar surface area (TPSA) is 32.7 Å². The van der Waals surface area contributed by atoms with E-state index in [2.05, 4.69) is 4.90 Å². The van der Waals surface area contributed by atoms with Crippen LogP contribution in [0.5, 0.6) is 5.75 Å². The molecule has 17 heavy (non-hydrogen) atoms. The van der Waals surface area contributed by atoms with Crippen molar-refractivity contribution >= 4 is 0 Å². The molecule has 0 aliphatic carbocycles. The van der Waals surface area contributed by atoms with Gasteiger partial charge in [0.1, 0.15) is 0 Å². The van der Waals surface area contributed by atoms with E-state index < -0.39 is 5.82 Å². The van der Waals surface area contributed by atoms with Crippen molar-refractivity contribution in [3.8, 4) is 5.75 Å². The molecule has 4 heteroatoms. The quantitative estimate of drug-likeness (QED) is 0.877. The van der Waals surface area contributed by atoms with Crippen LogP contribution in [-0.2, 0) is 11.3 Å². The summed E-state index contributed by atoms with van der Waals surface area (Å²) in [6, 6.07) is 5.06. The van der Waals surface area contributed by atoms with Crippen LogP contribution < -0.4 is 0 Å². The van der Waals surface area contributed by atoms with E-state index in [1.165, 1.54) is 12.1 Å². The highest BCUT2D eigenvalue weighted by molar-refractivity contribution is 5.27. The molecule has 0 amide bonds. The van der Waals surface area contributed by atoms with Gasteiger partial charge >= 0.3 is 0 Å². The van der Waals surface area contributed by atoms with Gasteiger partial charge in [-0.2, -0.15) is 0 Å². The van der Waals surface area contributed by atoms with E-state index in [-0.39, 0.29) is 5.75 Å². The van der Waals surface area contributed by atoms with Gasteiger partial charge in [0, 0.05) is 25.8 Å². The van der Waals surface area contributed by atoms with Crippen LogP contribution in [-0.4, -0.2) is 36.3 Å². The standard InChI is InChI=1S/C13H18FNO2/c1-15(11-4-6-17-7-5-11)9-10-2-3-13(16)12(14)8-10/h2-3,8,11,16H,4-7,9H2,1H3. The van der Waals surface area contributed by atoms with Crippen LogP contribution in [0.15, 0.2) is 18.2 Å². The molecular weight excluding hydrogens is 221 g/mol. The summed E-state index contributed by atoms with van der Waals surface area (Å²) in [5, 5.41) is 9.12. The van der Waals surface area contributed by atoms with Crippen molar-refractivity contribution < 1.29 is 14.2 Å². The Labute approximate surface area is 101 Å². The molecule has 94 valence electrons. The van der Waals surface area contributed by atoms with Crippen molar-refractivity contribution in [3.63, 3.8) is 0 Å². The van der Waals surface area contributed by atoms with Crippen LogP contribution in [0.3, 0.4) is 0 Å². The third-order valence-electron chi connectivity index (χ3n) is 3.26. The summed E-state index contributed by atoms with van der Waals surface area (Å²) in [6.07, 6.45) is 2.05. The lowest BCUT2D eigenvalue weighted by Gasteiger charge is -2.31. The van der Waals surface area contributed by atoms with Gasteiger partial charge in [-0.1, -0.05) is 6.07 Å². The number of hydrogen-bond acceptors (Lipinski definition) is 3. The summed E-state index contributed by atoms with van der Waals surface area (Å²) in [6.45, 7) is 2.31. The summed E-state index contributed by atoms with van der Waals surface area (Å²) in [5.74, 6) is -0.842. The Bertz CT molecular complexity index is 378. The summed E-state index contributed by atoms with van der Waals surface area (Å²) in [4.78, 5) is 2.22. The summed E-state index contributed by atoms with van der Waals surface area (Å²) < 4.78 is 18.5. The molecule has 0 saturated carbocycles. The van der Waals surface area contributed by atoms with E-state index in [1.54, 1.807) is 6.07 Å². The number of phenols is 1. The predicted octanol–water partition coefficient (Wildman–Crippen LogP) is 2.14. The van der Waals surface area contributed by atoms with Gasteiger partial charge in [-0.05, 0) is 37.6 Å². The van der Waals surface area contributed by atoms with E-state index >= 15 is 0 Å². The molecule has 0 unspecified atom stereocenters. The smallest absolute Gasteiger partial charge is 0.165 e. The van der Waals surface area contributed by atoms with Gasteiger partial charge < -0.3 is 9.84 Å². The molecule has 1 aliphatic heterocycles. The predicted molar refractivity (Wildman–Crippen MR) is 63.4 cm³/mol. The third kappa shape index (κ3) is 3.17. The molecular formula is C13H18FNO2. The molecule has 0 spiro atoms. The summed E-state index contributed by atoms with van der Waals surface area (Å²) in [5.41, 5.74) is 0.884. The average molecular weight is 239 g/mol. The zero-order chi connectivity index (χ0) is 12.3. The summed E-state index contributed by atoms with van der Waals surface area (Å²) >= 11 is 0. The second kappa shape index (κ2) is 5.47. The minimum absolute atomic E-state index is 0.289. The summed E-state index contributed by atoms with van der Waals surface area (Å²) in [7, 11) is 2.04. The SMILES string of the molecule is CN(Cc1ccc(O)c(F)c1)C1CCOCC1. The van der Waals surface area contributed by atoms with Crippen molar-refractivity contribution in [2.45, 2.75) is 25.4 Å². The number of rotatable bonds is 3. The maximum absolute atomic E-state index is 13.2. The van der Waals surface area contributed by atoms with Crippen molar-refractivity contribution in [2.24, 2.45) is 0 Å². The van der Waals surface area contributed by atoms with E-state index in [0.29, 0.717) is 12.6 Å². The van der Waals surface area contributed by atoms with Gasteiger partial charge in [-0.15, -0.1) is 0 Å².